The third-order valence-corrected chi connectivity index (χ3v) is 8.32. The van der Waals surface area contributed by atoms with Gasteiger partial charge in [-0.15, -0.1) is 11.5 Å². The predicted molar refractivity (Wildman–Crippen MR) is 85.6 cm³/mol. The Morgan fingerprint density at radius 2 is 1.75 bits per heavy atom. The van der Waals surface area contributed by atoms with Crippen molar-refractivity contribution in [1.29, 1.82) is 0 Å². The van der Waals surface area contributed by atoms with Crippen LogP contribution in [0.5, 0.6) is 0 Å². The molecule has 0 aromatic carbocycles. The number of hydrogen-bond acceptors (Lipinski definition) is 2. The first-order valence-electron chi connectivity index (χ1n) is 6.98. The summed E-state index contributed by atoms with van der Waals surface area (Å²) in [6.45, 7) is 14.5. The van der Waals surface area contributed by atoms with Gasteiger partial charge in [0.2, 0.25) is 11.8 Å². The number of rotatable bonds is 4. The molecular formula is C15H28N2O2Si. The molecule has 1 atom stereocenters. The zero-order chi connectivity index (χ0) is 16.1. The van der Waals surface area contributed by atoms with Crippen LogP contribution in [0.15, 0.2) is 0 Å². The number of carbonyl (C=O) groups excluding carboxylic acids is 2. The minimum Gasteiger partial charge on any atom is -0.368 e. The van der Waals surface area contributed by atoms with Crippen LogP contribution in [-0.2, 0) is 9.59 Å². The van der Waals surface area contributed by atoms with Crippen molar-refractivity contribution in [2.45, 2.75) is 65.2 Å². The largest absolute Gasteiger partial charge is 0.368 e. The lowest BCUT2D eigenvalue weighted by molar-refractivity contribution is -0.129. The average Bonchev–Trinajstić information content (AvgIpc) is 2.25. The molecule has 0 saturated carbocycles. The van der Waals surface area contributed by atoms with E-state index in [0.717, 1.165) is 0 Å². The molecule has 0 radical (unpaired) electrons. The average molecular weight is 296 g/mol. The minimum atomic E-state index is -1.69. The Bertz CT molecular complexity index is 425. The summed E-state index contributed by atoms with van der Waals surface area (Å²) in [6.07, 6.45) is 0.278. The third-order valence-electron chi connectivity index (χ3n) is 3.77. The zero-order valence-corrected chi connectivity index (χ0v) is 14.8. The maximum atomic E-state index is 11.6. The zero-order valence-electron chi connectivity index (χ0n) is 13.8. The Morgan fingerprint density at radius 3 is 2.10 bits per heavy atom. The molecule has 114 valence electrons. The molecule has 0 aromatic rings. The topological polar surface area (TPSA) is 72.2 Å². The maximum absolute atomic E-state index is 11.6. The second-order valence-corrected chi connectivity index (χ2v) is 12.0. The van der Waals surface area contributed by atoms with Crippen LogP contribution < -0.4 is 11.1 Å². The van der Waals surface area contributed by atoms with Crippen LogP contribution in [0.3, 0.4) is 0 Å². The van der Waals surface area contributed by atoms with Gasteiger partial charge in [0.1, 0.15) is 14.1 Å². The molecule has 20 heavy (non-hydrogen) atoms. The molecule has 5 heteroatoms. The fraction of sp³-hybridized carbons (Fsp3) is 0.733. The molecule has 0 fully saturated rings. The normalized spacial score (nSPS) is 13.4. The van der Waals surface area contributed by atoms with E-state index < -0.39 is 20.0 Å². The number of carbonyl (C=O) groups is 2. The summed E-state index contributed by atoms with van der Waals surface area (Å²) in [4.78, 5) is 23.0. The van der Waals surface area contributed by atoms with Gasteiger partial charge >= 0.3 is 0 Å². The summed E-state index contributed by atoms with van der Waals surface area (Å²) in [6, 6.07) is -0.706. The van der Waals surface area contributed by atoms with Crippen LogP contribution in [0.4, 0.5) is 0 Å². The molecular weight excluding hydrogens is 268 g/mol. The molecule has 3 N–H and O–H groups in total. The number of primary amides is 1. The highest BCUT2D eigenvalue weighted by Crippen LogP contribution is 2.35. The Kier molecular flexibility index (Phi) is 6.49. The standard InChI is InChI=1S/C15H28N2O2Si/c1-11(2)14(19)17-12(13(16)18)9-8-10-20(6,7)15(3,4)5/h11-12H,9H2,1-7H3,(H2,16,18)(H,17,19)/t12-/m1/s1. The van der Waals surface area contributed by atoms with Crippen LogP contribution in [-0.4, -0.2) is 25.9 Å². The Labute approximate surface area is 123 Å². The SMILES string of the molecule is CC(C)C(=O)N[C@H](CC#C[Si](C)(C)C(C)(C)C)C(N)=O. The van der Waals surface area contributed by atoms with E-state index in [2.05, 4.69) is 50.6 Å². The number of nitrogens with two attached hydrogens (primary N) is 1. The molecule has 0 bridgehead atoms. The van der Waals surface area contributed by atoms with E-state index in [1.54, 1.807) is 13.8 Å². The van der Waals surface area contributed by atoms with Gasteiger partial charge in [0, 0.05) is 12.3 Å². The van der Waals surface area contributed by atoms with Gasteiger partial charge in [-0.1, -0.05) is 47.7 Å². The molecule has 0 aliphatic heterocycles. The van der Waals surface area contributed by atoms with Crippen LogP contribution in [0, 0.1) is 17.4 Å². The lowest BCUT2D eigenvalue weighted by Gasteiger charge is -2.31. The van der Waals surface area contributed by atoms with Crippen molar-refractivity contribution in [2.24, 2.45) is 11.7 Å². The van der Waals surface area contributed by atoms with Gasteiger partial charge in [-0.3, -0.25) is 9.59 Å². The number of hydrogen-bond donors (Lipinski definition) is 2. The van der Waals surface area contributed by atoms with Gasteiger partial charge in [-0.05, 0) is 5.04 Å². The first-order chi connectivity index (χ1) is 8.88. The molecule has 2 amide bonds. The molecule has 0 unspecified atom stereocenters. The van der Waals surface area contributed by atoms with Crippen molar-refractivity contribution in [3.63, 3.8) is 0 Å². The minimum absolute atomic E-state index is 0.170. The highest BCUT2D eigenvalue weighted by atomic mass is 28.3. The summed E-state index contributed by atoms with van der Waals surface area (Å²) >= 11 is 0. The van der Waals surface area contributed by atoms with Crippen molar-refractivity contribution < 1.29 is 9.59 Å². The van der Waals surface area contributed by atoms with Gasteiger partial charge in [-0.2, -0.15) is 0 Å². The molecule has 0 rings (SSSR count). The summed E-state index contributed by atoms with van der Waals surface area (Å²) in [7, 11) is -1.69. The van der Waals surface area contributed by atoms with Gasteiger partial charge in [0.05, 0.1) is 0 Å². The van der Waals surface area contributed by atoms with Crippen molar-refractivity contribution in [2.75, 3.05) is 0 Å². The monoisotopic (exact) mass is 296 g/mol. The molecule has 0 aliphatic carbocycles. The summed E-state index contributed by atoms with van der Waals surface area (Å²) < 4.78 is 0. The third kappa shape index (κ3) is 5.79. The molecule has 0 aliphatic rings. The molecule has 0 spiro atoms. The predicted octanol–water partition coefficient (Wildman–Crippen LogP) is 2.05. The summed E-state index contributed by atoms with van der Waals surface area (Å²) in [5, 5.41) is 2.81. The van der Waals surface area contributed by atoms with E-state index in [9.17, 15) is 9.59 Å². The highest BCUT2D eigenvalue weighted by molar-refractivity contribution is 6.87. The Balaban J connectivity index is 4.83. The van der Waals surface area contributed by atoms with E-state index in [4.69, 9.17) is 5.73 Å². The first-order valence-corrected chi connectivity index (χ1v) is 9.98. The Morgan fingerprint density at radius 1 is 1.25 bits per heavy atom. The smallest absolute Gasteiger partial charge is 0.240 e. The first kappa shape index (κ1) is 18.7. The van der Waals surface area contributed by atoms with E-state index in [1.165, 1.54) is 0 Å². The lowest BCUT2D eigenvalue weighted by Crippen LogP contribution is -2.45. The fourth-order valence-electron chi connectivity index (χ4n) is 1.12. The second kappa shape index (κ2) is 6.94. The van der Waals surface area contributed by atoms with Crippen molar-refractivity contribution in [3.8, 4) is 11.5 Å². The highest BCUT2D eigenvalue weighted by Gasteiger charge is 2.33. The lowest BCUT2D eigenvalue weighted by atomic mass is 10.1. The van der Waals surface area contributed by atoms with E-state index >= 15 is 0 Å². The molecule has 0 aromatic heterocycles. The number of nitrogens with one attached hydrogen (secondary N) is 1. The molecule has 0 heterocycles. The van der Waals surface area contributed by atoms with Crippen molar-refractivity contribution >= 4 is 19.9 Å². The van der Waals surface area contributed by atoms with E-state index in [-0.39, 0.29) is 23.3 Å². The van der Waals surface area contributed by atoms with Crippen LogP contribution in [0.25, 0.3) is 0 Å². The molecule has 4 nitrogen and oxygen atoms in total. The second-order valence-electron chi connectivity index (χ2n) is 7.00. The van der Waals surface area contributed by atoms with Crippen molar-refractivity contribution in [3.05, 3.63) is 0 Å². The maximum Gasteiger partial charge on any atom is 0.240 e. The quantitative estimate of drug-likeness (QED) is 0.615. The van der Waals surface area contributed by atoms with Gasteiger partial charge in [0.15, 0.2) is 0 Å². The Hall–Kier alpha value is -1.28. The van der Waals surface area contributed by atoms with E-state index in [1.807, 2.05) is 0 Å². The van der Waals surface area contributed by atoms with Crippen LogP contribution in [0.2, 0.25) is 18.1 Å². The van der Waals surface area contributed by atoms with Gasteiger partial charge in [0.25, 0.3) is 0 Å². The molecule has 0 saturated heterocycles. The van der Waals surface area contributed by atoms with Gasteiger partial charge in [-0.25, -0.2) is 0 Å². The van der Waals surface area contributed by atoms with E-state index in [0.29, 0.717) is 0 Å². The van der Waals surface area contributed by atoms with Crippen molar-refractivity contribution in [1.82, 2.24) is 5.32 Å². The van der Waals surface area contributed by atoms with Crippen LogP contribution in [0.1, 0.15) is 41.0 Å². The summed E-state index contributed by atoms with van der Waals surface area (Å²) in [5.41, 5.74) is 8.63. The number of amides is 2. The summed E-state index contributed by atoms with van der Waals surface area (Å²) in [5.74, 6) is 2.16. The fourth-order valence-corrected chi connectivity index (χ4v) is 2.04. The van der Waals surface area contributed by atoms with Crippen LogP contribution >= 0.6 is 0 Å². The van der Waals surface area contributed by atoms with Gasteiger partial charge < -0.3 is 11.1 Å².